The van der Waals surface area contributed by atoms with Gasteiger partial charge in [-0.1, -0.05) is 11.3 Å². The Bertz CT molecular complexity index is 322. The van der Waals surface area contributed by atoms with E-state index in [-0.39, 0.29) is 6.61 Å². The van der Waals surface area contributed by atoms with Crippen molar-refractivity contribution < 1.29 is 9.84 Å². The first-order valence-corrected chi connectivity index (χ1v) is 6.57. The van der Waals surface area contributed by atoms with Gasteiger partial charge in [0, 0.05) is 25.9 Å². The molecule has 0 aliphatic carbocycles. The van der Waals surface area contributed by atoms with Gasteiger partial charge in [-0.25, -0.2) is 4.98 Å². The third-order valence-electron chi connectivity index (χ3n) is 2.81. The van der Waals surface area contributed by atoms with Crippen LogP contribution >= 0.6 is 11.3 Å². The molecule has 1 aromatic heterocycles. The predicted octanol–water partition coefficient (Wildman–Crippen LogP) is 1.64. The van der Waals surface area contributed by atoms with Crippen molar-refractivity contribution in [2.75, 3.05) is 24.6 Å². The summed E-state index contributed by atoms with van der Waals surface area (Å²) in [5, 5.41) is 10.0. The summed E-state index contributed by atoms with van der Waals surface area (Å²) in [5.74, 6) is 0. The maximum Gasteiger partial charge on any atom is 0.185 e. The van der Waals surface area contributed by atoms with Crippen LogP contribution in [0.3, 0.4) is 0 Å². The summed E-state index contributed by atoms with van der Waals surface area (Å²) < 4.78 is 5.61. The summed E-state index contributed by atoms with van der Waals surface area (Å²) >= 11 is 1.58. The van der Waals surface area contributed by atoms with Gasteiger partial charge in [0.05, 0.1) is 17.6 Å². The van der Waals surface area contributed by atoms with Gasteiger partial charge in [0.15, 0.2) is 5.13 Å². The third-order valence-corrected chi connectivity index (χ3v) is 3.85. The molecule has 0 amide bonds. The zero-order chi connectivity index (χ0) is 11.4. The van der Waals surface area contributed by atoms with Crippen LogP contribution in [-0.2, 0) is 11.3 Å². The van der Waals surface area contributed by atoms with Crippen LogP contribution in [0.15, 0.2) is 6.20 Å². The quantitative estimate of drug-likeness (QED) is 0.872. The van der Waals surface area contributed by atoms with E-state index in [1.165, 1.54) is 0 Å². The maximum atomic E-state index is 8.99. The van der Waals surface area contributed by atoms with E-state index in [9.17, 15) is 0 Å². The fourth-order valence-electron chi connectivity index (χ4n) is 1.97. The van der Waals surface area contributed by atoms with Crippen LogP contribution in [0.5, 0.6) is 0 Å². The van der Waals surface area contributed by atoms with Crippen molar-refractivity contribution >= 4 is 16.5 Å². The molecule has 1 aliphatic rings. The number of aromatic nitrogens is 1. The Morgan fingerprint density at radius 2 is 2.31 bits per heavy atom. The molecule has 5 heteroatoms. The van der Waals surface area contributed by atoms with Gasteiger partial charge in [-0.05, 0) is 19.8 Å². The Labute approximate surface area is 99.9 Å². The van der Waals surface area contributed by atoms with Gasteiger partial charge >= 0.3 is 0 Å². The van der Waals surface area contributed by atoms with E-state index in [2.05, 4.69) is 9.88 Å². The van der Waals surface area contributed by atoms with E-state index in [0.717, 1.165) is 42.5 Å². The van der Waals surface area contributed by atoms with E-state index in [1.54, 1.807) is 17.5 Å². The second-order valence-corrected chi connectivity index (χ2v) is 5.00. The number of anilines is 1. The van der Waals surface area contributed by atoms with Crippen LogP contribution in [0.2, 0.25) is 0 Å². The summed E-state index contributed by atoms with van der Waals surface area (Å²) in [7, 11) is 0. The van der Waals surface area contributed by atoms with Crippen molar-refractivity contribution in [3.63, 3.8) is 0 Å². The lowest BCUT2D eigenvalue weighted by atomic mass is 10.1. The van der Waals surface area contributed by atoms with Crippen molar-refractivity contribution in [3.05, 3.63) is 11.1 Å². The molecule has 0 unspecified atom stereocenters. The fraction of sp³-hybridized carbons (Fsp3) is 0.727. The molecule has 90 valence electrons. The maximum absolute atomic E-state index is 8.99. The normalized spacial score (nSPS) is 18.0. The summed E-state index contributed by atoms with van der Waals surface area (Å²) in [5.41, 5.74) is 0. The molecule has 0 saturated carbocycles. The number of nitrogens with zero attached hydrogens (tertiary/aromatic N) is 2. The number of hydrogen-bond donors (Lipinski definition) is 1. The highest BCUT2D eigenvalue weighted by atomic mass is 32.1. The molecule has 4 nitrogen and oxygen atoms in total. The Balaban J connectivity index is 1.88. The number of aliphatic hydroxyl groups excluding tert-OH is 1. The molecule has 1 N–H and O–H groups in total. The fourth-order valence-corrected chi connectivity index (χ4v) is 2.79. The molecule has 1 saturated heterocycles. The zero-order valence-electron chi connectivity index (χ0n) is 9.56. The standard InChI is InChI=1S/C11H18N2O2S/c1-2-15-9-3-5-13(6-4-9)11-12-7-10(8-14)16-11/h7,9,14H,2-6,8H2,1H3. The van der Waals surface area contributed by atoms with Crippen LogP contribution in [-0.4, -0.2) is 35.9 Å². The average Bonchev–Trinajstić information content (AvgIpc) is 2.79. The average molecular weight is 242 g/mol. The number of hydrogen-bond acceptors (Lipinski definition) is 5. The minimum absolute atomic E-state index is 0.0904. The molecule has 1 aromatic rings. The summed E-state index contributed by atoms with van der Waals surface area (Å²) in [4.78, 5) is 7.53. The predicted molar refractivity (Wildman–Crippen MR) is 64.9 cm³/mol. The Kier molecular flexibility index (Phi) is 4.15. The molecule has 0 aromatic carbocycles. The number of thiazole rings is 1. The van der Waals surface area contributed by atoms with Gasteiger partial charge < -0.3 is 14.7 Å². The molecule has 0 atom stereocenters. The first-order valence-electron chi connectivity index (χ1n) is 5.75. The monoisotopic (exact) mass is 242 g/mol. The van der Waals surface area contributed by atoms with Crippen molar-refractivity contribution in [3.8, 4) is 0 Å². The molecule has 0 spiro atoms. The van der Waals surface area contributed by atoms with Crippen LogP contribution in [0.25, 0.3) is 0 Å². The molecular weight excluding hydrogens is 224 g/mol. The summed E-state index contributed by atoms with van der Waals surface area (Å²) in [6, 6.07) is 0. The van der Waals surface area contributed by atoms with Crippen LogP contribution in [0.1, 0.15) is 24.6 Å². The highest BCUT2D eigenvalue weighted by Gasteiger charge is 2.21. The molecule has 16 heavy (non-hydrogen) atoms. The Hall–Kier alpha value is -0.650. The largest absolute Gasteiger partial charge is 0.391 e. The van der Waals surface area contributed by atoms with Gasteiger partial charge in [0.1, 0.15) is 0 Å². The van der Waals surface area contributed by atoms with E-state index >= 15 is 0 Å². The molecule has 0 radical (unpaired) electrons. The van der Waals surface area contributed by atoms with E-state index in [4.69, 9.17) is 9.84 Å². The molecule has 0 bridgehead atoms. The third kappa shape index (κ3) is 2.72. The number of rotatable bonds is 4. The van der Waals surface area contributed by atoms with Crippen molar-refractivity contribution in [2.24, 2.45) is 0 Å². The highest BCUT2D eigenvalue weighted by Crippen LogP contribution is 2.26. The lowest BCUT2D eigenvalue weighted by Gasteiger charge is -2.31. The molecular formula is C11H18N2O2S. The van der Waals surface area contributed by atoms with Crippen molar-refractivity contribution in [1.82, 2.24) is 4.98 Å². The SMILES string of the molecule is CCOC1CCN(c2ncc(CO)s2)CC1. The minimum Gasteiger partial charge on any atom is -0.391 e. The van der Waals surface area contributed by atoms with Gasteiger partial charge in [-0.3, -0.25) is 0 Å². The van der Waals surface area contributed by atoms with E-state index < -0.39 is 0 Å². The van der Waals surface area contributed by atoms with Crippen molar-refractivity contribution in [2.45, 2.75) is 32.5 Å². The number of ether oxygens (including phenoxy) is 1. The lowest BCUT2D eigenvalue weighted by molar-refractivity contribution is 0.0459. The first kappa shape index (κ1) is 11.8. The lowest BCUT2D eigenvalue weighted by Crippen LogP contribution is -2.36. The second-order valence-electron chi connectivity index (χ2n) is 3.91. The van der Waals surface area contributed by atoms with Crippen LogP contribution in [0, 0.1) is 0 Å². The van der Waals surface area contributed by atoms with Crippen LogP contribution < -0.4 is 4.90 Å². The van der Waals surface area contributed by atoms with E-state index in [1.807, 2.05) is 6.92 Å². The van der Waals surface area contributed by atoms with Gasteiger partial charge in [0.25, 0.3) is 0 Å². The molecule has 1 fully saturated rings. The molecule has 2 rings (SSSR count). The number of piperidine rings is 1. The topological polar surface area (TPSA) is 45.6 Å². The first-order chi connectivity index (χ1) is 7.83. The second kappa shape index (κ2) is 5.61. The van der Waals surface area contributed by atoms with E-state index in [0.29, 0.717) is 6.10 Å². The Morgan fingerprint density at radius 3 is 2.88 bits per heavy atom. The molecule has 2 heterocycles. The zero-order valence-corrected chi connectivity index (χ0v) is 10.4. The summed E-state index contributed by atoms with van der Waals surface area (Å²) in [6.45, 7) is 4.94. The van der Waals surface area contributed by atoms with Gasteiger partial charge in [-0.2, -0.15) is 0 Å². The van der Waals surface area contributed by atoms with Gasteiger partial charge in [0.2, 0.25) is 0 Å². The Morgan fingerprint density at radius 1 is 1.56 bits per heavy atom. The highest BCUT2D eigenvalue weighted by molar-refractivity contribution is 7.15. The van der Waals surface area contributed by atoms with Crippen molar-refractivity contribution in [1.29, 1.82) is 0 Å². The number of aliphatic hydroxyl groups is 1. The molecule has 1 aliphatic heterocycles. The van der Waals surface area contributed by atoms with Gasteiger partial charge in [-0.15, -0.1) is 0 Å². The summed E-state index contributed by atoms with van der Waals surface area (Å²) in [6.07, 6.45) is 4.32. The van der Waals surface area contributed by atoms with Crippen LogP contribution in [0.4, 0.5) is 5.13 Å². The minimum atomic E-state index is 0.0904. The smallest absolute Gasteiger partial charge is 0.185 e.